The molecular formula is C20H19Br2ClN2O5. The van der Waals surface area contributed by atoms with E-state index in [9.17, 15) is 19.2 Å². The standard InChI is InChI=1S/C20H19Br2ClN2O5/c1-8-2-3-9(23)4-12(8)24-13(26)7-30-14(27)6-25-19(28)15-10-5-11(16(15)20(25)29)18(22)17(10)21/h2-4,10-11,15-18H,5-7H2,1H3,(H,24,26)/t10-,11-,15-,16-,17+,18+/m1/s1. The molecule has 7 nitrogen and oxygen atoms in total. The molecule has 4 rings (SSSR count). The number of nitrogens with one attached hydrogen (secondary N) is 1. The Hall–Kier alpha value is -1.45. The van der Waals surface area contributed by atoms with Crippen molar-refractivity contribution < 1.29 is 23.9 Å². The van der Waals surface area contributed by atoms with E-state index in [4.69, 9.17) is 16.3 Å². The number of carbonyl (C=O) groups is 4. The first-order chi connectivity index (χ1) is 14.2. The van der Waals surface area contributed by atoms with E-state index in [1.54, 1.807) is 18.2 Å². The quantitative estimate of drug-likeness (QED) is 0.339. The van der Waals surface area contributed by atoms with Crippen LogP contribution >= 0.6 is 43.5 Å². The predicted octanol–water partition coefficient (Wildman–Crippen LogP) is 2.91. The van der Waals surface area contributed by atoms with Gasteiger partial charge >= 0.3 is 5.97 Å². The number of ether oxygens (including phenoxy) is 1. The second-order valence-electron chi connectivity index (χ2n) is 7.93. The number of imide groups is 1. The van der Waals surface area contributed by atoms with Gasteiger partial charge in [0.25, 0.3) is 5.91 Å². The minimum atomic E-state index is -0.798. The third-order valence-electron chi connectivity index (χ3n) is 6.20. The van der Waals surface area contributed by atoms with Crippen LogP contribution in [-0.2, 0) is 23.9 Å². The Morgan fingerprint density at radius 1 is 1.17 bits per heavy atom. The molecule has 2 aliphatic carbocycles. The number of amides is 3. The number of anilines is 1. The van der Waals surface area contributed by atoms with Crippen molar-refractivity contribution >= 4 is 72.8 Å². The number of carbonyl (C=O) groups excluding carboxylic acids is 4. The molecular weight excluding hydrogens is 543 g/mol. The molecule has 1 heterocycles. The topological polar surface area (TPSA) is 92.8 Å². The molecule has 6 atom stereocenters. The Labute approximate surface area is 195 Å². The molecule has 2 bridgehead atoms. The van der Waals surface area contributed by atoms with Crippen LogP contribution in [0.25, 0.3) is 0 Å². The van der Waals surface area contributed by atoms with E-state index in [-0.39, 0.29) is 45.1 Å². The van der Waals surface area contributed by atoms with Gasteiger partial charge in [-0.2, -0.15) is 0 Å². The average Bonchev–Trinajstić information content (AvgIpc) is 3.30. The molecule has 1 N–H and O–H groups in total. The zero-order valence-electron chi connectivity index (χ0n) is 15.9. The van der Waals surface area contributed by atoms with E-state index >= 15 is 0 Å². The van der Waals surface area contributed by atoms with E-state index in [1.807, 2.05) is 6.92 Å². The normalized spacial score (nSPS) is 31.8. The fourth-order valence-corrected chi connectivity index (χ4v) is 6.85. The van der Waals surface area contributed by atoms with E-state index < -0.39 is 25.0 Å². The molecule has 0 unspecified atom stereocenters. The number of hydrogen-bond donors (Lipinski definition) is 1. The van der Waals surface area contributed by atoms with Crippen molar-refractivity contribution in [3.05, 3.63) is 28.8 Å². The van der Waals surface area contributed by atoms with Crippen molar-refractivity contribution in [3.8, 4) is 0 Å². The van der Waals surface area contributed by atoms with E-state index in [1.165, 1.54) is 0 Å². The Morgan fingerprint density at radius 3 is 2.37 bits per heavy atom. The van der Waals surface area contributed by atoms with Crippen molar-refractivity contribution in [3.63, 3.8) is 0 Å². The van der Waals surface area contributed by atoms with Gasteiger partial charge in [-0.1, -0.05) is 49.5 Å². The van der Waals surface area contributed by atoms with Crippen LogP contribution in [0.15, 0.2) is 18.2 Å². The van der Waals surface area contributed by atoms with Gasteiger partial charge in [0.2, 0.25) is 11.8 Å². The largest absolute Gasteiger partial charge is 0.454 e. The van der Waals surface area contributed by atoms with Crippen LogP contribution in [0.5, 0.6) is 0 Å². The van der Waals surface area contributed by atoms with Crippen molar-refractivity contribution in [1.82, 2.24) is 4.90 Å². The van der Waals surface area contributed by atoms with Crippen LogP contribution in [0.4, 0.5) is 5.69 Å². The summed E-state index contributed by atoms with van der Waals surface area (Å²) in [5.74, 6) is -2.60. The highest BCUT2D eigenvalue weighted by atomic mass is 79.9. The number of benzene rings is 1. The number of halogens is 3. The molecule has 0 radical (unpaired) electrons. The predicted molar refractivity (Wildman–Crippen MR) is 117 cm³/mol. The van der Waals surface area contributed by atoms with Crippen LogP contribution < -0.4 is 5.32 Å². The molecule has 3 fully saturated rings. The number of alkyl halides is 2. The summed E-state index contributed by atoms with van der Waals surface area (Å²) in [4.78, 5) is 51.1. The zero-order chi connectivity index (χ0) is 21.7. The van der Waals surface area contributed by atoms with Gasteiger partial charge < -0.3 is 10.1 Å². The summed E-state index contributed by atoms with van der Waals surface area (Å²) in [5, 5.41) is 3.09. The van der Waals surface area contributed by atoms with Gasteiger partial charge in [0.15, 0.2) is 6.61 Å². The lowest BCUT2D eigenvalue weighted by Crippen LogP contribution is -2.38. The summed E-state index contributed by atoms with van der Waals surface area (Å²) < 4.78 is 4.99. The minimum absolute atomic E-state index is 0.0774. The molecule has 1 aromatic rings. The highest BCUT2D eigenvalue weighted by Gasteiger charge is 2.66. The number of fused-ring (bicyclic) bond motifs is 5. The van der Waals surface area contributed by atoms with Crippen LogP contribution in [0, 0.1) is 30.6 Å². The van der Waals surface area contributed by atoms with Gasteiger partial charge in [0.1, 0.15) is 6.54 Å². The average molecular weight is 563 g/mol. The SMILES string of the molecule is Cc1ccc(Cl)cc1NC(=O)COC(=O)CN1C(=O)[C@@H]2[C@H]3C[C@@H]([C@H](Br)[C@H]3Br)[C@H]2C1=O. The van der Waals surface area contributed by atoms with Crippen LogP contribution in [0.2, 0.25) is 5.02 Å². The molecule has 10 heteroatoms. The maximum atomic E-state index is 12.8. The molecule has 160 valence electrons. The lowest BCUT2D eigenvalue weighted by atomic mass is 9.81. The smallest absolute Gasteiger partial charge is 0.326 e. The molecule has 2 saturated carbocycles. The van der Waals surface area contributed by atoms with E-state index in [0.29, 0.717) is 10.7 Å². The molecule has 30 heavy (non-hydrogen) atoms. The summed E-state index contributed by atoms with van der Waals surface area (Å²) in [6.45, 7) is 0.807. The summed E-state index contributed by atoms with van der Waals surface area (Å²) in [6.07, 6.45) is 0.819. The van der Waals surface area contributed by atoms with Crippen molar-refractivity contribution in [2.75, 3.05) is 18.5 Å². The second kappa shape index (κ2) is 8.24. The Morgan fingerprint density at radius 2 is 1.77 bits per heavy atom. The summed E-state index contributed by atoms with van der Waals surface area (Å²) in [5.41, 5.74) is 1.33. The molecule has 0 spiro atoms. The first-order valence-electron chi connectivity index (χ1n) is 9.54. The number of rotatable bonds is 5. The van der Waals surface area contributed by atoms with Crippen molar-refractivity contribution in [1.29, 1.82) is 0 Å². The molecule has 0 aromatic heterocycles. The Kier molecular flexibility index (Phi) is 5.98. The first kappa shape index (κ1) is 21.8. The number of likely N-dealkylation sites (tertiary alicyclic amines) is 1. The number of nitrogens with zero attached hydrogens (tertiary/aromatic N) is 1. The highest BCUT2D eigenvalue weighted by molar-refractivity contribution is 9.12. The zero-order valence-corrected chi connectivity index (χ0v) is 19.9. The molecule has 3 aliphatic rings. The van der Waals surface area contributed by atoms with Gasteiger partial charge in [-0.05, 0) is 42.9 Å². The summed E-state index contributed by atoms with van der Waals surface area (Å²) in [7, 11) is 0. The summed E-state index contributed by atoms with van der Waals surface area (Å²) in [6, 6.07) is 5.06. The first-order valence-corrected chi connectivity index (χ1v) is 11.7. The van der Waals surface area contributed by atoms with Crippen LogP contribution in [0.3, 0.4) is 0 Å². The van der Waals surface area contributed by atoms with Gasteiger partial charge in [0, 0.05) is 20.4 Å². The molecule has 1 aliphatic heterocycles. The third-order valence-corrected chi connectivity index (χ3v) is 9.65. The second-order valence-corrected chi connectivity index (χ2v) is 10.5. The monoisotopic (exact) mass is 560 g/mol. The molecule has 1 saturated heterocycles. The number of hydrogen-bond acceptors (Lipinski definition) is 5. The fraction of sp³-hybridized carbons (Fsp3) is 0.500. The van der Waals surface area contributed by atoms with Crippen LogP contribution in [-0.4, -0.2) is 51.4 Å². The van der Waals surface area contributed by atoms with Gasteiger partial charge in [-0.15, -0.1) is 0 Å². The van der Waals surface area contributed by atoms with E-state index in [2.05, 4.69) is 37.2 Å². The number of esters is 1. The Balaban J connectivity index is 1.32. The van der Waals surface area contributed by atoms with Gasteiger partial charge in [-0.25, -0.2) is 0 Å². The van der Waals surface area contributed by atoms with Gasteiger partial charge in [0.05, 0.1) is 11.8 Å². The molecule has 3 amide bonds. The molecule has 1 aromatic carbocycles. The van der Waals surface area contributed by atoms with Gasteiger partial charge in [-0.3, -0.25) is 24.1 Å². The lowest BCUT2D eigenvalue weighted by Gasteiger charge is -2.28. The Bertz CT molecular complexity index is 910. The third kappa shape index (κ3) is 3.69. The summed E-state index contributed by atoms with van der Waals surface area (Å²) >= 11 is 13.2. The minimum Gasteiger partial charge on any atom is -0.454 e. The van der Waals surface area contributed by atoms with Crippen LogP contribution in [0.1, 0.15) is 12.0 Å². The van der Waals surface area contributed by atoms with Crippen molar-refractivity contribution in [2.24, 2.45) is 23.7 Å². The maximum absolute atomic E-state index is 12.8. The van der Waals surface area contributed by atoms with E-state index in [0.717, 1.165) is 16.9 Å². The van der Waals surface area contributed by atoms with Crippen molar-refractivity contribution in [2.45, 2.75) is 23.0 Å². The lowest BCUT2D eigenvalue weighted by molar-refractivity contribution is -0.154. The fourth-order valence-electron chi connectivity index (χ4n) is 4.80. The maximum Gasteiger partial charge on any atom is 0.326 e. The number of aryl methyl sites for hydroxylation is 1. The highest BCUT2D eigenvalue weighted by Crippen LogP contribution is 2.60.